The van der Waals surface area contributed by atoms with Gasteiger partial charge in [0.25, 0.3) is 0 Å². The lowest BCUT2D eigenvalue weighted by Crippen LogP contribution is -2.39. The van der Waals surface area contributed by atoms with Gasteiger partial charge in [0.05, 0.1) is 18.3 Å². The van der Waals surface area contributed by atoms with E-state index in [1.807, 2.05) is 40.9 Å². The van der Waals surface area contributed by atoms with Gasteiger partial charge < -0.3 is 4.74 Å². The lowest BCUT2D eigenvalue weighted by molar-refractivity contribution is 0.202. The van der Waals surface area contributed by atoms with E-state index in [-0.39, 0.29) is 5.54 Å². The van der Waals surface area contributed by atoms with Crippen molar-refractivity contribution < 1.29 is 4.74 Å². The molecule has 0 saturated carbocycles. The molecule has 0 fully saturated rings. The summed E-state index contributed by atoms with van der Waals surface area (Å²) in [6.45, 7) is 8.78. The number of hydrogen-bond acceptors (Lipinski definition) is 3. The Bertz CT molecular complexity index is 472. The Morgan fingerprint density at radius 3 is 2.56 bits per heavy atom. The van der Waals surface area contributed by atoms with E-state index in [0.717, 1.165) is 22.6 Å². The van der Waals surface area contributed by atoms with Crippen LogP contribution in [0.1, 0.15) is 30.7 Å². The fraction of sp³-hybridized carbons (Fsp3) is 0.533. The van der Waals surface area contributed by atoms with E-state index in [1.165, 1.54) is 0 Å². The summed E-state index contributed by atoms with van der Waals surface area (Å²) >= 11 is 0. The number of nitrogens with zero attached hydrogens (tertiary/aromatic N) is 2. The molecule has 0 aliphatic heterocycles. The number of aryl methyl sites for hydroxylation is 1. The zero-order chi connectivity index (χ0) is 13.9. The molecule has 3 heteroatoms. The molecule has 98 valence electrons. The van der Waals surface area contributed by atoms with Gasteiger partial charge in [0.15, 0.2) is 0 Å². The minimum absolute atomic E-state index is 0.285. The topological polar surface area (TPSA) is 25.4 Å². The molecule has 0 amide bonds. The highest BCUT2D eigenvalue weighted by atomic mass is 16.5. The van der Waals surface area contributed by atoms with Gasteiger partial charge in [0.2, 0.25) is 0 Å². The standard InChI is InChI=1S/C15H22N2O/c1-8-15(4,5)17(6)10-13-12(3)14(18-7)11(2)9-16-13/h1,9H,10H2,2-7H3. The van der Waals surface area contributed by atoms with E-state index in [2.05, 4.69) is 15.8 Å². The maximum absolute atomic E-state index is 5.54. The summed E-state index contributed by atoms with van der Waals surface area (Å²) in [7, 11) is 3.70. The van der Waals surface area contributed by atoms with Crippen LogP contribution in [0.3, 0.4) is 0 Å². The summed E-state index contributed by atoms with van der Waals surface area (Å²) < 4.78 is 5.41. The first-order valence-electron chi connectivity index (χ1n) is 6.01. The van der Waals surface area contributed by atoms with Crippen molar-refractivity contribution >= 4 is 0 Å². The van der Waals surface area contributed by atoms with Gasteiger partial charge in [-0.1, -0.05) is 5.92 Å². The second-order valence-electron chi connectivity index (χ2n) is 5.11. The molecule has 0 unspecified atom stereocenters. The fourth-order valence-electron chi connectivity index (χ4n) is 1.76. The molecule has 1 aromatic rings. The molecule has 18 heavy (non-hydrogen) atoms. The first kappa shape index (κ1) is 14.5. The van der Waals surface area contributed by atoms with Crippen molar-refractivity contribution in [1.82, 2.24) is 9.88 Å². The van der Waals surface area contributed by atoms with Crippen LogP contribution in [0.25, 0.3) is 0 Å². The second kappa shape index (κ2) is 5.41. The molecule has 1 heterocycles. The molecule has 1 rings (SSSR count). The van der Waals surface area contributed by atoms with Crippen LogP contribution >= 0.6 is 0 Å². The molecule has 0 bridgehead atoms. The minimum Gasteiger partial charge on any atom is -0.496 e. The quantitative estimate of drug-likeness (QED) is 0.763. The Hall–Kier alpha value is -1.53. The summed E-state index contributed by atoms with van der Waals surface area (Å²) in [5, 5.41) is 0. The Labute approximate surface area is 110 Å². The normalized spacial score (nSPS) is 11.4. The van der Waals surface area contributed by atoms with E-state index >= 15 is 0 Å². The van der Waals surface area contributed by atoms with E-state index in [1.54, 1.807) is 7.11 Å². The van der Waals surface area contributed by atoms with Crippen molar-refractivity contribution in [2.45, 2.75) is 39.8 Å². The molecule has 0 aliphatic carbocycles. The van der Waals surface area contributed by atoms with Crippen LogP contribution in [-0.2, 0) is 6.54 Å². The fourth-order valence-corrected chi connectivity index (χ4v) is 1.76. The van der Waals surface area contributed by atoms with E-state index < -0.39 is 0 Å². The van der Waals surface area contributed by atoms with Gasteiger partial charge in [-0.15, -0.1) is 6.42 Å². The molecule has 0 aromatic carbocycles. The highest BCUT2D eigenvalue weighted by Gasteiger charge is 2.22. The van der Waals surface area contributed by atoms with Crippen LogP contribution in [-0.4, -0.2) is 29.6 Å². The number of aromatic nitrogens is 1. The van der Waals surface area contributed by atoms with Crippen molar-refractivity contribution in [3.63, 3.8) is 0 Å². The maximum atomic E-state index is 5.54. The number of hydrogen-bond donors (Lipinski definition) is 0. The van der Waals surface area contributed by atoms with Crippen molar-refractivity contribution in [1.29, 1.82) is 0 Å². The molecule has 0 spiro atoms. The van der Waals surface area contributed by atoms with E-state index in [0.29, 0.717) is 6.54 Å². The monoisotopic (exact) mass is 246 g/mol. The van der Waals surface area contributed by atoms with Crippen LogP contribution in [0, 0.1) is 26.2 Å². The van der Waals surface area contributed by atoms with Gasteiger partial charge in [-0.25, -0.2) is 0 Å². The molecular weight excluding hydrogens is 224 g/mol. The smallest absolute Gasteiger partial charge is 0.128 e. The van der Waals surface area contributed by atoms with Crippen molar-refractivity contribution in [2.75, 3.05) is 14.2 Å². The Morgan fingerprint density at radius 1 is 1.44 bits per heavy atom. The van der Waals surface area contributed by atoms with Crippen LogP contribution in [0.5, 0.6) is 5.75 Å². The SMILES string of the molecule is C#CC(C)(C)N(C)Cc1ncc(C)c(OC)c1C. The van der Waals surface area contributed by atoms with Gasteiger partial charge in [-0.05, 0) is 34.7 Å². The van der Waals surface area contributed by atoms with E-state index in [9.17, 15) is 0 Å². The van der Waals surface area contributed by atoms with Crippen LogP contribution in [0.15, 0.2) is 6.20 Å². The molecule has 0 radical (unpaired) electrons. The Kier molecular flexibility index (Phi) is 4.37. The average molecular weight is 246 g/mol. The van der Waals surface area contributed by atoms with Crippen molar-refractivity contribution in [3.05, 3.63) is 23.0 Å². The molecule has 3 nitrogen and oxygen atoms in total. The van der Waals surface area contributed by atoms with Gasteiger partial charge in [-0.3, -0.25) is 9.88 Å². The molecule has 0 atom stereocenters. The number of ether oxygens (including phenoxy) is 1. The molecule has 0 saturated heterocycles. The summed E-state index contributed by atoms with van der Waals surface area (Å²) in [5.74, 6) is 3.70. The van der Waals surface area contributed by atoms with Gasteiger partial charge in [0.1, 0.15) is 5.75 Å². The molecular formula is C15H22N2O. The number of pyridine rings is 1. The third-order valence-corrected chi connectivity index (χ3v) is 3.44. The number of methoxy groups -OCH3 is 1. The predicted octanol–water partition coefficient (Wildman–Crippen LogP) is 2.55. The summed E-state index contributed by atoms with van der Waals surface area (Å²) in [4.78, 5) is 6.59. The van der Waals surface area contributed by atoms with Crippen LogP contribution in [0.4, 0.5) is 0 Å². The Balaban J connectivity index is 3.04. The van der Waals surface area contributed by atoms with Gasteiger partial charge in [0, 0.05) is 23.9 Å². The van der Waals surface area contributed by atoms with Crippen molar-refractivity contribution in [2.24, 2.45) is 0 Å². The highest BCUT2D eigenvalue weighted by molar-refractivity contribution is 5.41. The first-order valence-corrected chi connectivity index (χ1v) is 6.01. The number of rotatable bonds is 4. The second-order valence-corrected chi connectivity index (χ2v) is 5.11. The first-order chi connectivity index (χ1) is 8.33. The molecule has 0 N–H and O–H groups in total. The van der Waals surface area contributed by atoms with Gasteiger partial charge in [-0.2, -0.15) is 0 Å². The predicted molar refractivity (Wildman–Crippen MR) is 74.6 cm³/mol. The summed E-state index contributed by atoms with van der Waals surface area (Å²) in [5.41, 5.74) is 2.85. The summed E-state index contributed by atoms with van der Waals surface area (Å²) in [6, 6.07) is 0. The Morgan fingerprint density at radius 2 is 2.06 bits per heavy atom. The number of terminal acetylenes is 1. The average Bonchev–Trinajstić information content (AvgIpc) is 2.33. The van der Waals surface area contributed by atoms with Crippen LogP contribution < -0.4 is 4.74 Å². The lowest BCUT2D eigenvalue weighted by Gasteiger charge is -2.31. The van der Waals surface area contributed by atoms with E-state index in [4.69, 9.17) is 11.2 Å². The minimum atomic E-state index is -0.285. The molecule has 1 aromatic heterocycles. The zero-order valence-electron chi connectivity index (χ0n) is 12.2. The van der Waals surface area contributed by atoms with Crippen molar-refractivity contribution in [3.8, 4) is 18.1 Å². The maximum Gasteiger partial charge on any atom is 0.128 e. The highest BCUT2D eigenvalue weighted by Crippen LogP contribution is 2.25. The zero-order valence-corrected chi connectivity index (χ0v) is 12.2. The molecule has 0 aliphatic rings. The third kappa shape index (κ3) is 2.83. The van der Waals surface area contributed by atoms with Gasteiger partial charge >= 0.3 is 0 Å². The lowest BCUT2D eigenvalue weighted by atomic mass is 10.0. The summed E-state index contributed by atoms with van der Waals surface area (Å²) in [6.07, 6.45) is 7.39. The van der Waals surface area contributed by atoms with Crippen LogP contribution in [0.2, 0.25) is 0 Å². The largest absolute Gasteiger partial charge is 0.496 e. The third-order valence-electron chi connectivity index (χ3n) is 3.44.